The summed E-state index contributed by atoms with van der Waals surface area (Å²) in [6.45, 7) is 3.59. The number of aliphatic hydroxyl groups excluding tert-OH is 1. The lowest BCUT2D eigenvalue weighted by Gasteiger charge is -2.29. The molecular weight excluding hydrogens is 176 g/mol. The molecule has 0 aromatic carbocycles. The highest BCUT2D eigenvalue weighted by Gasteiger charge is 2.19. The van der Waals surface area contributed by atoms with E-state index < -0.39 is 0 Å². The van der Waals surface area contributed by atoms with Gasteiger partial charge < -0.3 is 16.2 Å². The maximum absolute atomic E-state index is 9.40. The van der Waals surface area contributed by atoms with Crippen molar-refractivity contribution < 1.29 is 5.11 Å². The zero-order valence-electron chi connectivity index (χ0n) is 9.21. The Balaban J connectivity index is 2.10. The van der Waals surface area contributed by atoms with Gasteiger partial charge in [0.25, 0.3) is 0 Å². The van der Waals surface area contributed by atoms with E-state index in [0.717, 1.165) is 25.4 Å². The molecule has 0 radical (unpaired) electrons. The second-order valence-electron chi connectivity index (χ2n) is 4.42. The smallest absolute Gasteiger partial charge is 0.0662 e. The molecule has 4 N–H and O–H groups in total. The molecule has 0 saturated heterocycles. The van der Waals surface area contributed by atoms with E-state index in [1.807, 2.05) is 6.92 Å². The fraction of sp³-hybridized carbons (Fsp3) is 1.00. The van der Waals surface area contributed by atoms with Gasteiger partial charge in [0.2, 0.25) is 0 Å². The zero-order chi connectivity index (χ0) is 10.4. The zero-order valence-corrected chi connectivity index (χ0v) is 9.21. The highest BCUT2D eigenvalue weighted by molar-refractivity contribution is 4.78. The minimum atomic E-state index is -0.178. The lowest BCUT2D eigenvalue weighted by Crippen LogP contribution is -2.38. The normalized spacial score (nSPS) is 30.2. The Hall–Kier alpha value is -0.120. The Morgan fingerprint density at radius 2 is 2.00 bits per heavy atom. The van der Waals surface area contributed by atoms with Crippen LogP contribution >= 0.6 is 0 Å². The maximum Gasteiger partial charge on any atom is 0.0662 e. The topological polar surface area (TPSA) is 58.3 Å². The first kappa shape index (κ1) is 12.0. The van der Waals surface area contributed by atoms with Crippen LogP contribution in [0.1, 0.15) is 39.0 Å². The monoisotopic (exact) mass is 200 g/mol. The first-order valence-electron chi connectivity index (χ1n) is 5.87. The van der Waals surface area contributed by atoms with Gasteiger partial charge in [0, 0.05) is 12.6 Å². The van der Waals surface area contributed by atoms with Gasteiger partial charge in [-0.25, -0.2) is 0 Å². The van der Waals surface area contributed by atoms with Crippen LogP contribution in [-0.2, 0) is 0 Å². The largest absolute Gasteiger partial charge is 0.392 e. The van der Waals surface area contributed by atoms with Crippen molar-refractivity contribution in [3.63, 3.8) is 0 Å². The van der Waals surface area contributed by atoms with E-state index in [2.05, 4.69) is 5.32 Å². The van der Waals surface area contributed by atoms with Crippen molar-refractivity contribution in [2.24, 2.45) is 11.7 Å². The summed E-state index contributed by atoms with van der Waals surface area (Å²) >= 11 is 0. The number of hydrogen-bond donors (Lipinski definition) is 3. The summed E-state index contributed by atoms with van der Waals surface area (Å²) in [4.78, 5) is 0. The molecule has 3 nitrogen and oxygen atoms in total. The van der Waals surface area contributed by atoms with Crippen molar-refractivity contribution in [1.29, 1.82) is 0 Å². The van der Waals surface area contributed by atoms with Gasteiger partial charge in [-0.15, -0.1) is 0 Å². The van der Waals surface area contributed by atoms with Crippen LogP contribution in [0.2, 0.25) is 0 Å². The van der Waals surface area contributed by atoms with Crippen LogP contribution in [0.3, 0.4) is 0 Å². The average Bonchev–Trinajstić information content (AvgIpc) is 2.26. The second kappa shape index (κ2) is 6.38. The van der Waals surface area contributed by atoms with E-state index in [1.165, 1.54) is 25.7 Å². The maximum atomic E-state index is 9.40. The summed E-state index contributed by atoms with van der Waals surface area (Å²) in [5, 5.41) is 12.8. The SMILES string of the molecule is CCC(O)CNC1CCC(CN)CC1. The van der Waals surface area contributed by atoms with E-state index in [4.69, 9.17) is 5.73 Å². The van der Waals surface area contributed by atoms with Crippen LogP contribution in [0.15, 0.2) is 0 Å². The van der Waals surface area contributed by atoms with E-state index in [0.29, 0.717) is 6.04 Å². The molecule has 0 aromatic rings. The van der Waals surface area contributed by atoms with Crippen molar-refractivity contribution in [2.45, 2.75) is 51.2 Å². The Labute approximate surface area is 87.1 Å². The molecule has 0 bridgehead atoms. The predicted octanol–water partition coefficient (Wildman–Crippen LogP) is 0.864. The number of nitrogens with one attached hydrogen (secondary N) is 1. The second-order valence-corrected chi connectivity index (χ2v) is 4.42. The average molecular weight is 200 g/mol. The standard InChI is InChI=1S/C11H24N2O/c1-2-11(14)8-13-10-5-3-9(7-12)4-6-10/h9-11,13-14H,2-8,12H2,1H3. The molecule has 0 heterocycles. The number of rotatable bonds is 5. The van der Waals surface area contributed by atoms with Crippen LogP contribution < -0.4 is 11.1 Å². The molecule has 1 fully saturated rings. The Bertz CT molecular complexity index is 144. The van der Waals surface area contributed by atoms with Crippen molar-refractivity contribution in [1.82, 2.24) is 5.32 Å². The Morgan fingerprint density at radius 1 is 1.36 bits per heavy atom. The molecular formula is C11H24N2O. The predicted molar refractivity (Wildman–Crippen MR) is 59.1 cm³/mol. The molecule has 0 amide bonds. The van der Waals surface area contributed by atoms with Crippen LogP contribution in [-0.4, -0.2) is 30.3 Å². The van der Waals surface area contributed by atoms with Gasteiger partial charge in [-0.2, -0.15) is 0 Å². The number of aliphatic hydroxyl groups is 1. The summed E-state index contributed by atoms with van der Waals surface area (Å²) in [5.41, 5.74) is 5.63. The Kier molecular flexibility index (Phi) is 5.45. The van der Waals surface area contributed by atoms with Gasteiger partial charge in [0.05, 0.1) is 6.10 Å². The molecule has 0 spiro atoms. The van der Waals surface area contributed by atoms with Gasteiger partial charge >= 0.3 is 0 Å². The van der Waals surface area contributed by atoms with Crippen LogP contribution in [0.4, 0.5) is 0 Å². The molecule has 1 aliphatic carbocycles. The van der Waals surface area contributed by atoms with Crippen LogP contribution in [0.5, 0.6) is 0 Å². The van der Waals surface area contributed by atoms with Gasteiger partial charge in [-0.05, 0) is 44.6 Å². The summed E-state index contributed by atoms with van der Waals surface area (Å²) in [6.07, 6.45) is 5.59. The van der Waals surface area contributed by atoms with E-state index in [1.54, 1.807) is 0 Å². The van der Waals surface area contributed by atoms with E-state index in [-0.39, 0.29) is 6.10 Å². The van der Waals surface area contributed by atoms with Crippen LogP contribution in [0.25, 0.3) is 0 Å². The third kappa shape index (κ3) is 3.95. The fourth-order valence-electron chi connectivity index (χ4n) is 2.05. The first-order valence-corrected chi connectivity index (χ1v) is 5.87. The van der Waals surface area contributed by atoms with Crippen molar-refractivity contribution in [3.8, 4) is 0 Å². The fourth-order valence-corrected chi connectivity index (χ4v) is 2.05. The van der Waals surface area contributed by atoms with E-state index >= 15 is 0 Å². The first-order chi connectivity index (χ1) is 6.76. The van der Waals surface area contributed by atoms with Gasteiger partial charge in [-0.1, -0.05) is 6.92 Å². The number of nitrogens with two attached hydrogens (primary N) is 1. The number of hydrogen-bond acceptors (Lipinski definition) is 3. The Morgan fingerprint density at radius 3 is 2.50 bits per heavy atom. The molecule has 1 rings (SSSR count). The molecule has 0 aromatic heterocycles. The molecule has 0 aliphatic heterocycles. The minimum Gasteiger partial charge on any atom is -0.392 e. The van der Waals surface area contributed by atoms with Crippen LogP contribution in [0, 0.1) is 5.92 Å². The molecule has 3 heteroatoms. The molecule has 14 heavy (non-hydrogen) atoms. The summed E-state index contributed by atoms with van der Waals surface area (Å²) in [7, 11) is 0. The van der Waals surface area contributed by atoms with Crippen molar-refractivity contribution >= 4 is 0 Å². The summed E-state index contributed by atoms with van der Waals surface area (Å²) in [5.74, 6) is 0.740. The molecule has 1 aliphatic rings. The minimum absolute atomic E-state index is 0.178. The third-order valence-electron chi connectivity index (χ3n) is 3.29. The lowest BCUT2D eigenvalue weighted by atomic mass is 9.86. The van der Waals surface area contributed by atoms with Gasteiger partial charge in [0.1, 0.15) is 0 Å². The molecule has 1 saturated carbocycles. The molecule has 84 valence electrons. The lowest BCUT2D eigenvalue weighted by molar-refractivity contribution is 0.156. The quantitative estimate of drug-likeness (QED) is 0.617. The van der Waals surface area contributed by atoms with E-state index in [9.17, 15) is 5.11 Å². The van der Waals surface area contributed by atoms with Crippen molar-refractivity contribution in [3.05, 3.63) is 0 Å². The highest BCUT2D eigenvalue weighted by Crippen LogP contribution is 2.23. The molecule has 1 atom stereocenters. The summed E-state index contributed by atoms with van der Waals surface area (Å²) in [6, 6.07) is 0.610. The molecule has 1 unspecified atom stereocenters. The highest BCUT2D eigenvalue weighted by atomic mass is 16.3. The third-order valence-corrected chi connectivity index (χ3v) is 3.29. The van der Waals surface area contributed by atoms with Crippen molar-refractivity contribution in [2.75, 3.05) is 13.1 Å². The van der Waals surface area contributed by atoms with Gasteiger partial charge in [-0.3, -0.25) is 0 Å². The van der Waals surface area contributed by atoms with Gasteiger partial charge in [0.15, 0.2) is 0 Å². The summed E-state index contributed by atoms with van der Waals surface area (Å²) < 4.78 is 0.